The molecule has 1 saturated heterocycles. The zero-order valence-electron chi connectivity index (χ0n) is 13.1. The van der Waals surface area contributed by atoms with Gasteiger partial charge >= 0.3 is 7.60 Å². The van der Waals surface area contributed by atoms with Crippen molar-refractivity contribution in [1.82, 2.24) is 0 Å². The number of hydrogen-bond acceptors (Lipinski definition) is 5. The van der Waals surface area contributed by atoms with Gasteiger partial charge in [0.2, 0.25) is 0 Å². The molecule has 124 valence electrons. The van der Waals surface area contributed by atoms with Gasteiger partial charge in [-0.25, -0.2) is 0 Å². The largest absolute Gasteiger partial charge is 0.389 e. The molecule has 0 spiro atoms. The molecule has 0 saturated carbocycles. The van der Waals surface area contributed by atoms with E-state index < -0.39 is 30.7 Å². The first-order valence-corrected chi connectivity index (χ1v) is 9.64. The molecule has 9 heteroatoms. The lowest BCUT2D eigenvalue weighted by Gasteiger charge is -2.40. The molecule has 7 atom stereocenters. The molecule has 21 heavy (non-hydrogen) atoms. The van der Waals surface area contributed by atoms with Gasteiger partial charge in [0.05, 0.1) is 10.9 Å². The molecule has 1 rings (SSSR count). The minimum Gasteiger partial charge on any atom is -0.389 e. The summed E-state index contributed by atoms with van der Waals surface area (Å²) in [6, 6.07) is -0.246. The van der Waals surface area contributed by atoms with Crippen molar-refractivity contribution >= 4 is 31.4 Å². The van der Waals surface area contributed by atoms with E-state index in [0.717, 1.165) is 0 Å². The quantitative estimate of drug-likeness (QED) is 0.357. The summed E-state index contributed by atoms with van der Waals surface area (Å²) in [5.74, 6) is 0. The van der Waals surface area contributed by atoms with Crippen LogP contribution in [0, 0.1) is 0 Å². The van der Waals surface area contributed by atoms with E-state index in [-0.39, 0.29) is 17.3 Å². The third-order valence-electron chi connectivity index (χ3n) is 4.36. The molecule has 0 bridgehead atoms. The molecule has 0 aromatic carbocycles. The van der Waals surface area contributed by atoms with Gasteiger partial charge in [0.25, 0.3) is 0 Å². The molecule has 1 fully saturated rings. The van der Waals surface area contributed by atoms with Crippen LogP contribution in [0.15, 0.2) is 0 Å². The molecule has 0 aromatic heterocycles. The Morgan fingerprint density at radius 3 is 2.24 bits per heavy atom. The van der Waals surface area contributed by atoms with Gasteiger partial charge in [-0.1, -0.05) is 29.8 Å². The zero-order chi connectivity index (χ0) is 16.6. The first kappa shape index (κ1) is 19.6. The highest BCUT2D eigenvalue weighted by atomic mass is 79.9. The number of alkyl halides is 1. The first-order valence-electron chi connectivity index (χ1n) is 7.15. The van der Waals surface area contributed by atoms with Crippen molar-refractivity contribution in [1.29, 1.82) is 0 Å². The maximum absolute atomic E-state index is 12.4. The number of aliphatic hydroxyl groups is 2. The molecule has 1 heterocycles. The van der Waals surface area contributed by atoms with Gasteiger partial charge in [0, 0.05) is 6.00 Å². The normalized spacial score (nSPS) is 38.5. The molecular formula is C12H25BBrO6P. The van der Waals surface area contributed by atoms with Gasteiger partial charge in [0.1, 0.15) is 19.6 Å². The lowest BCUT2D eigenvalue weighted by Crippen LogP contribution is -2.48. The minimum atomic E-state index is -4.30. The lowest BCUT2D eigenvalue weighted by atomic mass is 9.90. The summed E-state index contributed by atoms with van der Waals surface area (Å²) in [4.78, 5) is 9.85. The first-order chi connectivity index (χ1) is 9.42. The molecule has 0 amide bonds. The summed E-state index contributed by atoms with van der Waals surface area (Å²) in [5, 5.41) is 18.5. The highest BCUT2D eigenvalue weighted by Gasteiger charge is 2.54. The molecule has 0 radical (unpaired) electrons. The average molecular weight is 387 g/mol. The van der Waals surface area contributed by atoms with Crippen LogP contribution in [0.5, 0.6) is 0 Å². The number of halogens is 1. The van der Waals surface area contributed by atoms with Crippen molar-refractivity contribution in [3.8, 4) is 0 Å². The summed E-state index contributed by atoms with van der Waals surface area (Å²) in [6.45, 7) is 6.27. The van der Waals surface area contributed by atoms with Crippen LogP contribution in [0.4, 0.5) is 0 Å². The summed E-state index contributed by atoms with van der Waals surface area (Å²) in [7, 11) is -2.50. The third-order valence-corrected chi connectivity index (χ3v) is 7.85. The predicted molar refractivity (Wildman–Crippen MR) is 86.4 cm³/mol. The van der Waals surface area contributed by atoms with Crippen molar-refractivity contribution < 1.29 is 28.9 Å². The zero-order valence-corrected chi connectivity index (χ0v) is 15.6. The fourth-order valence-corrected chi connectivity index (χ4v) is 4.03. The van der Waals surface area contributed by atoms with Gasteiger partial charge < -0.3 is 19.8 Å². The van der Waals surface area contributed by atoms with E-state index in [1.807, 2.05) is 0 Å². The number of aliphatic hydroxyl groups excluding tert-OH is 1. The van der Waals surface area contributed by atoms with E-state index in [1.54, 1.807) is 28.6 Å². The number of ether oxygens (including phenoxy) is 1. The topological polar surface area (TPSA) is 96.2 Å². The Balaban J connectivity index is 3.04. The van der Waals surface area contributed by atoms with Crippen LogP contribution in [-0.2, 0) is 13.8 Å². The fourth-order valence-electron chi connectivity index (χ4n) is 2.24. The summed E-state index contributed by atoms with van der Waals surface area (Å²) >= 11 is 3.35. The van der Waals surface area contributed by atoms with E-state index >= 15 is 0 Å². The van der Waals surface area contributed by atoms with Gasteiger partial charge in [-0.05, 0) is 26.7 Å². The van der Waals surface area contributed by atoms with Crippen LogP contribution in [0.1, 0.15) is 40.5 Å². The molecule has 1 aliphatic heterocycles. The van der Waals surface area contributed by atoms with E-state index in [9.17, 15) is 19.7 Å². The predicted octanol–water partition coefficient (Wildman–Crippen LogP) is 0.958. The van der Waals surface area contributed by atoms with Crippen molar-refractivity contribution in [2.24, 2.45) is 0 Å². The van der Waals surface area contributed by atoms with Crippen molar-refractivity contribution in [2.45, 2.75) is 74.5 Å². The second kappa shape index (κ2) is 6.60. The minimum absolute atomic E-state index is 0.0755. The molecule has 3 unspecified atom stereocenters. The second-order valence-corrected chi connectivity index (χ2v) is 9.29. The fraction of sp³-hybridized carbons (Fsp3) is 1.00. The molecule has 0 aromatic rings. The monoisotopic (exact) mass is 386 g/mol. The Morgan fingerprint density at radius 2 is 1.90 bits per heavy atom. The van der Waals surface area contributed by atoms with Crippen molar-refractivity contribution in [3.05, 3.63) is 0 Å². The Kier molecular flexibility index (Phi) is 6.16. The molecule has 0 aliphatic carbocycles. The van der Waals surface area contributed by atoms with E-state index in [2.05, 4.69) is 15.9 Å². The summed E-state index contributed by atoms with van der Waals surface area (Å²) in [5.41, 5.74) is -1.18. The molecule has 1 aliphatic rings. The van der Waals surface area contributed by atoms with Crippen LogP contribution in [0.3, 0.4) is 0 Å². The van der Waals surface area contributed by atoms with Crippen LogP contribution >= 0.6 is 23.5 Å². The number of hydrogen-bond donors (Lipinski definition) is 3. The Morgan fingerprint density at radius 1 is 1.38 bits per heavy atom. The van der Waals surface area contributed by atoms with E-state index in [0.29, 0.717) is 6.42 Å². The maximum Gasteiger partial charge on any atom is 0.359 e. The smallest absolute Gasteiger partial charge is 0.359 e. The lowest BCUT2D eigenvalue weighted by molar-refractivity contribution is -0.106. The van der Waals surface area contributed by atoms with Gasteiger partial charge in [-0.2, -0.15) is 0 Å². The summed E-state index contributed by atoms with van der Waals surface area (Å²) in [6.07, 6.45) is -1.19. The Labute approximate surface area is 135 Å². The second-order valence-electron chi connectivity index (χ2n) is 6.05. The van der Waals surface area contributed by atoms with Crippen molar-refractivity contribution in [3.63, 3.8) is 0 Å². The molecule has 6 nitrogen and oxygen atoms in total. The standard InChI is InChI=1S/C12H25BBrO6P/c1-5-11(3,9-8(15)7(14)10(13)19-9)20-21(17,18)12(4,16)6-2/h7-10,15-16H,5-6,13H2,1-4H3,(H,17,18)/t7-,8+,9+,10-,11?,12?/m1/s1. The van der Waals surface area contributed by atoms with E-state index in [1.165, 1.54) is 6.92 Å². The number of rotatable bonds is 6. The highest BCUT2D eigenvalue weighted by Crippen LogP contribution is 2.59. The average Bonchev–Trinajstić information content (AvgIpc) is 2.66. The van der Waals surface area contributed by atoms with Gasteiger partial charge in [0.15, 0.2) is 5.34 Å². The SMILES string of the molecule is B[C@@H]1O[C@H](C(C)(CC)OP(=O)(O)C(C)(O)CC)[C@@H](O)[C@H]1Br. The maximum atomic E-state index is 12.4. The van der Waals surface area contributed by atoms with Gasteiger partial charge in [-0.15, -0.1) is 0 Å². The third kappa shape index (κ3) is 3.74. The van der Waals surface area contributed by atoms with Crippen LogP contribution in [0.2, 0.25) is 0 Å². The van der Waals surface area contributed by atoms with Crippen LogP contribution in [-0.4, -0.2) is 56.9 Å². The Hall–Kier alpha value is 0.575. The molecular weight excluding hydrogens is 362 g/mol. The molecule has 3 N–H and O–H groups in total. The summed E-state index contributed by atoms with van der Waals surface area (Å²) < 4.78 is 23.5. The highest BCUT2D eigenvalue weighted by molar-refractivity contribution is 9.09. The van der Waals surface area contributed by atoms with E-state index in [4.69, 9.17) is 9.26 Å². The van der Waals surface area contributed by atoms with Crippen LogP contribution in [0.25, 0.3) is 0 Å². The van der Waals surface area contributed by atoms with Crippen LogP contribution < -0.4 is 0 Å². The van der Waals surface area contributed by atoms with Crippen molar-refractivity contribution in [2.75, 3.05) is 0 Å². The Bertz CT molecular complexity index is 423. The van der Waals surface area contributed by atoms with Gasteiger partial charge in [-0.3, -0.25) is 9.09 Å².